The first kappa shape index (κ1) is 19.9. The van der Waals surface area contributed by atoms with Gasteiger partial charge in [-0.05, 0) is 44.6 Å². The average Bonchev–Trinajstić information content (AvgIpc) is 3.01. The fourth-order valence-corrected chi connectivity index (χ4v) is 3.83. The Morgan fingerprint density at radius 1 is 1.37 bits per heavy atom. The molecule has 0 aliphatic heterocycles. The third-order valence-corrected chi connectivity index (χ3v) is 6.06. The number of nitrogens with two attached hydrogens (primary N) is 1. The van der Waals surface area contributed by atoms with E-state index in [9.17, 15) is 4.79 Å². The van der Waals surface area contributed by atoms with Crippen molar-refractivity contribution in [2.45, 2.75) is 45.4 Å². The number of hydrogen-bond donors (Lipinski definition) is 2. The molecule has 0 radical (unpaired) electrons. The van der Waals surface area contributed by atoms with Gasteiger partial charge in [0.25, 0.3) is 0 Å². The summed E-state index contributed by atoms with van der Waals surface area (Å²) >= 11 is 0. The molecular weight excluding hydrogens is 340 g/mol. The predicted octanol–water partition coefficient (Wildman–Crippen LogP) is 2.67. The Hall–Kier alpha value is -1.89. The van der Waals surface area contributed by atoms with Gasteiger partial charge >= 0.3 is 0 Å². The van der Waals surface area contributed by atoms with Gasteiger partial charge in [0.2, 0.25) is 5.91 Å². The highest BCUT2D eigenvalue weighted by Gasteiger charge is 2.62. The monoisotopic (exact) mass is 372 g/mol. The number of carbonyl (C=O) groups is 1. The van der Waals surface area contributed by atoms with Crippen LogP contribution in [0.5, 0.6) is 0 Å². The Kier molecular flexibility index (Phi) is 5.34. The van der Waals surface area contributed by atoms with Gasteiger partial charge in [0.15, 0.2) is 0 Å². The van der Waals surface area contributed by atoms with Crippen molar-refractivity contribution in [1.82, 2.24) is 9.47 Å². The number of ether oxygens (including phenoxy) is 1. The summed E-state index contributed by atoms with van der Waals surface area (Å²) in [6.07, 6.45) is 2.65. The second kappa shape index (κ2) is 7.26. The fraction of sp³-hybridized carbons (Fsp3) is 0.571. The molecule has 2 unspecified atom stereocenters. The Bertz CT molecular complexity index is 827. The van der Waals surface area contributed by atoms with Gasteiger partial charge in [-0.1, -0.05) is 19.9 Å². The summed E-state index contributed by atoms with van der Waals surface area (Å²) in [4.78, 5) is 15.1. The van der Waals surface area contributed by atoms with Crippen LogP contribution in [0.2, 0.25) is 0 Å². The maximum Gasteiger partial charge on any atom is 0.245 e. The third kappa shape index (κ3) is 3.49. The molecule has 3 N–H and O–H groups in total. The molecule has 1 aromatic carbocycles. The number of carbonyl (C=O) groups excluding carboxylic acids is 1. The van der Waals surface area contributed by atoms with Crippen LogP contribution in [0.25, 0.3) is 10.9 Å². The van der Waals surface area contributed by atoms with Gasteiger partial charge in [-0.25, -0.2) is 0 Å². The zero-order valence-electron chi connectivity index (χ0n) is 17.1. The van der Waals surface area contributed by atoms with Crippen LogP contribution in [0.3, 0.4) is 0 Å². The molecule has 1 aliphatic rings. The van der Waals surface area contributed by atoms with E-state index >= 15 is 0 Å². The van der Waals surface area contributed by atoms with E-state index < -0.39 is 11.0 Å². The maximum absolute atomic E-state index is 13.0. The number of hydrogen-bond acceptors (Lipinski definition) is 4. The van der Waals surface area contributed by atoms with Gasteiger partial charge in [0.1, 0.15) is 5.54 Å². The first-order valence-electron chi connectivity index (χ1n) is 9.64. The van der Waals surface area contributed by atoms with Crippen LogP contribution in [-0.2, 0) is 16.1 Å². The van der Waals surface area contributed by atoms with Crippen LogP contribution in [-0.4, -0.2) is 54.3 Å². The molecule has 1 aliphatic carbocycles. The summed E-state index contributed by atoms with van der Waals surface area (Å²) in [7, 11) is 4.13. The van der Waals surface area contributed by atoms with Crippen LogP contribution < -0.4 is 11.1 Å². The first-order valence-corrected chi connectivity index (χ1v) is 9.64. The van der Waals surface area contributed by atoms with Crippen LogP contribution in [0.4, 0.5) is 5.69 Å². The van der Waals surface area contributed by atoms with Crippen LogP contribution in [0.15, 0.2) is 30.5 Å². The summed E-state index contributed by atoms with van der Waals surface area (Å²) in [5, 5.41) is 4.20. The molecule has 0 saturated heterocycles. The van der Waals surface area contributed by atoms with Crippen molar-refractivity contribution >= 4 is 22.5 Å². The lowest BCUT2D eigenvalue weighted by atomic mass is 9.54. The number of benzene rings is 1. The smallest absolute Gasteiger partial charge is 0.245 e. The van der Waals surface area contributed by atoms with Crippen molar-refractivity contribution in [3.63, 3.8) is 0 Å². The Balaban J connectivity index is 1.76. The number of fused-ring (bicyclic) bond motifs is 1. The first-order chi connectivity index (χ1) is 12.7. The number of nitrogens with zero attached hydrogens (tertiary/aromatic N) is 2. The predicted molar refractivity (Wildman–Crippen MR) is 110 cm³/mol. The molecule has 0 bridgehead atoms. The van der Waals surface area contributed by atoms with Crippen LogP contribution >= 0.6 is 0 Å². The Morgan fingerprint density at radius 3 is 2.74 bits per heavy atom. The van der Waals surface area contributed by atoms with Crippen LogP contribution in [0.1, 0.15) is 27.2 Å². The van der Waals surface area contributed by atoms with Gasteiger partial charge in [-0.15, -0.1) is 0 Å². The van der Waals surface area contributed by atoms with E-state index in [1.807, 2.05) is 39.0 Å². The average molecular weight is 373 g/mol. The SMILES string of the molecule is CCOC1CC(N)(C(=O)Nc2ccc3ccn(CCN(C)C)c3c2)C1(C)C. The van der Waals surface area contributed by atoms with Gasteiger partial charge in [0.05, 0.1) is 11.6 Å². The molecule has 1 heterocycles. The van der Waals surface area contributed by atoms with Crippen molar-refractivity contribution < 1.29 is 9.53 Å². The molecule has 1 amide bonds. The largest absolute Gasteiger partial charge is 0.378 e. The minimum Gasteiger partial charge on any atom is -0.378 e. The third-order valence-electron chi connectivity index (χ3n) is 6.06. The minimum absolute atomic E-state index is 0.0176. The van der Waals surface area contributed by atoms with Crippen molar-refractivity contribution in [3.05, 3.63) is 30.5 Å². The number of likely N-dealkylation sites (N-methyl/N-ethyl adjacent to an activating group) is 1. The quantitative estimate of drug-likeness (QED) is 0.784. The van der Waals surface area contributed by atoms with E-state index in [0.717, 1.165) is 29.7 Å². The number of amides is 1. The lowest BCUT2D eigenvalue weighted by Crippen LogP contribution is -2.74. The van der Waals surface area contributed by atoms with E-state index in [0.29, 0.717) is 13.0 Å². The number of nitrogens with one attached hydrogen (secondary N) is 1. The van der Waals surface area contributed by atoms with E-state index in [2.05, 4.69) is 41.1 Å². The molecule has 6 nitrogen and oxygen atoms in total. The molecule has 27 heavy (non-hydrogen) atoms. The van der Waals surface area contributed by atoms with E-state index in [1.54, 1.807) is 0 Å². The Morgan fingerprint density at radius 2 is 2.11 bits per heavy atom. The normalized spacial score (nSPS) is 24.2. The second-order valence-electron chi connectivity index (χ2n) is 8.38. The minimum atomic E-state index is -0.922. The maximum atomic E-state index is 13.0. The van der Waals surface area contributed by atoms with Gasteiger partial charge in [0, 0.05) is 43.4 Å². The highest BCUT2D eigenvalue weighted by atomic mass is 16.5. The van der Waals surface area contributed by atoms with Crippen molar-refractivity contribution in [1.29, 1.82) is 0 Å². The van der Waals surface area contributed by atoms with Crippen molar-refractivity contribution in [2.24, 2.45) is 11.1 Å². The number of anilines is 1. The molecule has 6 heteroatoms. The lowest BCUT2D eigenvalue weighted by Gasteiger charge is -2.57. The standard InChI is InChI=1S/C21H32N4O2/c1-6-27-18-14-21(22,20(18,2)3)19(26)23-16-8-7-15-9-10-25(17(15)13-16)12-11-24(4)5/h7-10,13,18H,6,11-12,14,22H2,1-5H3,(H,23,26). The van der Waals surface area contributed by atoms with Gasteiger partial charge in [-0.2, -0.15) is 0 Å². The van der Waals surface area contributed by atoms with Crippen molar-refractivity contribution in [2.75, 3.05) is 32.6 Å². The van der Waals surface area contributed by atoms with Gasteiger partial charge < -0.3 is 25.3 Å². The molecule has 2 aromatic rings. The summed E-state index contributed by atoms with van der Waals surface area (Å²) in [5.41, 5.74) is 7.06. The topological polar surface area (TPSA) is 72.5 Å². The Labute approximate surface area is 161 Å². The molecule has 3 rings (SSSR count). The second-order valence-corrected chi connectivity index (χ2v) is 8.38. The molecule has 0 spiro atoms. The molecule has 1 aromatic heterocycles. The van der Waals surface area contributed by atoms with E-state index in [4.69, 9.17) is 10.5 Å². The van der Waals surface area contributed by atoms with Crippen molar-refractivity contribution in [3.8, 4) is 0 Å². The molecule has 148 valence electrons. The summed E-state index contributed by atoms with van der Waals surface area (Å²) in [5.74, 6) is -0.144. The molecule has 1 fully saturated rings. The van der Waals surface area contributed by atoms with Crippen LogP contribution in [0, 0.1) is 5.41 Å². The molecule has 1 saturated carbocycles. The number of aromatic nitrogens is 1. The highest BCUT2D eigenvalue weighted by molar-refractivity contribution is 6.01. The fourth-order valence-electron chi connectivity index (χ4n) is 3.83. The zero-order chi connectivity index (χ0) is 19.8. The molecule has 2 atom stereocenters. The van der Waals surface area contributed by atoms with Gasteiger partial charge in [-0.3, -0.25) is 4.79 Å². The van der Waals surface area contributed by atoms with E-state index in [-0.39, 0.29) is 12.0 Å². The zero-order valence-corrected chi connectivity index (χ0v) is 17.1. The van der Waals surface area contributed by atoms with E-state index in [1.165, 1.54) is 0 Å². The summed E-state index contributed by atoms with van der Waals surface area (Å²) < 4.78 is 7.94. The summed E-state index contributed by atoms with van der Waals surface area (Å²) in [6, 6.07) is 8.10. The number of rotatable bonds is 7. The highest BCUT2D eigenvalue weighted by Crippen LogP contribution is 2.50. The molecular formula is C21H32N4O2. The lowest BCUT2D eigenvalue weighted by molar-refractivity contribution is -0.166. The summed E-state index contributed by atoms with van der Waals surface area (Å²) in [6.45, 7) is 8.47.